The SMILES string of the molecule is CCCCCCC(CCCCCC)OC(=O)C(C)(C)CCCCCCOC(=O)[C@@H]1C[C@H](O)CN1. The van der Waals surface area contributed by atoms with E-state index >= 15 is 0 Å². The summed E-state index contributed by atoms with van der Waals surface area (Å²) in [5.41, 5.74) is -0.466. The highest BCUT2D eigenvalue weighted by atomic mass is 16.5. The number of β-amino-alcohol motifs (C(OH)–C–C–N with tert-alkyl or cyclic N) is 1. The van der Waals surface area contributed by atoms with Crippen molar-refractivity contribution in [2.24, 2.45) is 5.41 Å². The number of aliphatic hydroxyl groups excluding tert-OH is 1. The monoisotopic (exact) mass is 483 g/mol. The van der Waals surface area contributed by atoms with Gasteiger partial charge < -0.3 is 19.9 Å². The Kier molecular flexibility index (Phi) is 16.5. The minimum absolute atomic E-state index is 0.0522. The highest BCUT2D eigenvalue weighted by Crippen LogP contribution is 2.28. The van der Waals surface area contributed by atoms with Gasteiger partial charge in [0.2, 0.25) is 0 Å². The molecule has 34 heavy (non-hydrogen) atoms. The zero-order chi connectivity index (χ0) is 25.2. The maximum Gasteiger partial charge on any atom is 0.323 e. The zero-order valence-electron chi connectivity index (χ0n) is 22.5. The summed E-state index contributed by atoms with van der Waals surface area (Å²) in [5, 5.41) is 12.5. The molecule has 1 heterocycles. The van der Waals surface area contributed by atoms with Crippen LogP contribution in [0.2, 0.25) is 0 Å². The molecule has 0 spiro atoms. The summed E-state index contributed by atoms with van der Waals surface area (Å²) in [6, 6.07) is -0.371. The fourth-order valence-electron chi connectivity index (χ4n) is 4.47. The van der Waals surface area contributed by atoms with Crippen LogP contribution in [0.25, 0.3) is 0 Å². The van der Waals surface area contributed by atoms with Crippen LogP contribution in [0.5, 0.6) is 0 Å². The van der Waals surface area contributed by atoms with Crippen molar-refractivity contribution >= 4 is 11.9 Å². The lowest BCUT2D eigenvalue weighted by molar-refractivity contribution is -0.161. The first-order valence-corrected chi connectivity index (χ1v) is 14.1. The summed E-state index contributed by atoms with van der Waals surface area (Å²) >= 11 is 0. The zero-order valence-corrected chi connectivity index (χ0v) is 22.5. The summed E-state index contributed by atoms with van der Waals surface area (Å²) in [6.45, 7) is 9.32. The number of hydrogen-bond acceptors (Lipinski definition) is 6. The second-order valence-electron chi connectivity index (χ2n) is 10.8. The maximum absolute atomic E-state index is 12.9. The number of nitrogens with one attached hydrogen (secondary N) is 1. The van der Waals surface area contributed by atoms with Gasteiger partial charge in [-0.15, -0.1) is 0 Å². The summed E-state index contributed by atoms with van der Waals surface area (Å²) in [7, 11) is 0. The average Bonchev–Trinajstić information content (AvgIpc) is 3.24. The number of hydrogen-bond donors (Lipinski definition) is 2. The van der Waals surface area contributed by atoms with Crippen molar-refractivity contribution in [2.45, 2.75) is 149 Å². The van der Waals surface area contributed by atoms with Crippen molar-refractivity contribution < 1.29 is 24.2 Å². The maximum atomic E-state index is 12.9. The lowest BCUT2D eigenvalue weighted by Crippen LogP contribution is -2.32. The molecule has 0 bridgehead atoms. The van der Waals surface area contributed by atoms with Crippen molar-refractivity contribution in [1.29, 1.82) is 0 Å². The fraction of sp³-hybridized carbons (Fsp3) is 0.929. The van der Waals surface area contributed by atoms with Gasteiger partial charge in [0.1, 0.15) is 12.1 Å². The van der Waals surface area contributed by atoms with Crippen molar-refractivity contribution in [2.75, 3.05) is 13.2 Å². The van der Waals surface area contributed by atoms with Gasteiger partial charge in [-0.25, -0.2) is 0 Å². The minimum Gasteiger partial charge on any atom is -0.465 e. The summed E-state index contributed by atoms with van der Waals surface area (Å²) in [5.74, 6) is -0.317. The third-order valence-electron chi connectivity index (χ3n) is 6.92. The predicted molar refractivity (Wildman–Crippen MR) is 138 cm³/mol. The first-order valence-electron chi connectivity index (χ1n) is 14.1. The van der Waals surface area contributed by atoms with E-state index in [2.05, 4.69) is 19.2 Å². The highest BCUT2D eigenvalue weighted by molar-refractivity contribution is 5.76. The molecule has 0 aromatic carbocycles. The molecular formula is C28H53NO5. The quantitative estimate of drug-likeness (QED) is 0.161. The molecule has 0 unspecified atom stereocenters. The van der Waals surface area contributed by atoms with Gasteiger partial charge in [0.15, 0.2) is 0 Å². The van der Waals surface area contributed by atoms with E-state index in [1.165, 1.54) is 38.5 Å². The van der Waals surface area contributed by atoms with Crippen LogP contribution in [0.4, 0.5) is 0 Å². The summed E-state index contributed by atoms with van der Waals surface area (Å²) in [6.07, 6.45) is 16.3. The Morgan fingerprint density at radius 3 is 2.06 bits per heavy atom. The van der Waals surface area contributed by atoms with E-state index in [0.29, 0.717) is 19.6 Å². The number of esters is 2. The summed E-state index contributed by atoms with van der Waals surface area (Å²) < 4.78 is 11.3. The number of ether oxygens (including phenoxy) is 2. The van der Waals surface area contributed by atoms with Crippen LogP contribution in [0.3, 0.4) is 0 Å². The van der Waals surface area contributed by atoms with E-state index in [-0.39, 0.29) is 24.1 Å². The molecular weight excluding hydrogens is 430 g/mol. The van der Waals surface area contributed by atoms with E-state index in [4.69, 9.17) is 9.47 Å². The second-order valence-corrected chi connectivity index (χ2v) is 10.8. The normalized spacial score (nSPS) is 18.4. The molecule has 2 atom stereocenters. The highest BCUT2D eigenvalue weighted by Gasteiger charge is 2.31. The molecule has 0 radical (unpaired) electrons. The van der Waals surface area contributed by atoms with Gasteiger partial charge in [0.05, 0.1) is 18.1 Å². The molecule has 0 saturated carbocycles. The Morgan fingerprint density at radius 2 is 1.50 bits per heavy atom. The van der Waals surface area contributed by atoms with Gasteiger partial charge in [-0.3, -0.25) is 9.59 Å². The summed E-state index contributed by atoms with van der Waals surface area (Å²) in [4.78, 5) is 24.9. The first-order chi connectivity index (χ1) is 16.3. The number of rotatable bonds is 20. The molecule has 1 fully saturated rings. The molecule has 6 nitrogen and oxygen atoms in total. The number of aliphatic hydroxyl groups is 1. The van der Waals surface area contributed by atoms with E-state index in [1.54, 1.807) is 0 Å². The molecule has 0 aromatic rings. The van der Waals surface area contributed by atoms with Crippen LogP contribution in [-0.4, -0.2) is 48.4 Å². The smallest absolute Gasteiger partial charge is 0.323 e. The van der Waals surface area contributed by atoms with Crippen molar-refractivity contribution in [1.82, 2.24) is 5.32 Å². The molecule has 1 aliphatic heterocycles. The number of carbonyl (C=O) groups is 2. The largest absolute Gasteiger partial charge is 0.465 e. The van der Waals surface area contributed by atoms with Gasteiger partial charge in [-0.2, -0.15) is 0 Å². The molecule has 0 amide bonds. The number of carbonyl (C=O) groups excluding carboxylic acids is 2. The van der Waals surface area contributed by atoms with Crippen LogP contribution in [0, 0.1) is 5.41 Å². The molecule has 0 aliphatic carbocycles. The van der Waals surface area contributed by atoms with Gasteiger partial charge >= 0.3 is 11.9 Å². The van der Waals surface area contributed by atoms with Crippen molar-refractivity contribution in [3.05, 3.63) is 0 Å². The van der Waals surface area contributed by atoms with Crippen LogP contribution in [0.15, 0.2) is 0 Å². The molecule has 1 rings (SSSR count). The molecule has 1 saturated heterocycles. The van der Waals surface area contributed by atoms with Gasteiger partial charge in [0, 0.05) is 13.0 Å². The Morgan fingerprint density at radius 1 is 0.912 bits per heavy atom. The van der Waals surface area contributed by atoms with Crippen LogP contribution in [-0.2, 0) is 19.1 Å². The van der Waals surface area contributed by atoms with Crippen molar-refractivity contribution in [3.63, 3.8) is 0 Å². The van der Waals surface area contributed by atoms with Crippen LogP contribution < -0.4 is 5.32 Å². The third kappa shape index (κ3) is 13.7. The Hall–Kier alpha value is -1.14. The van der Waals surface area contributed by atoms with Crippen LogP contribution >= 0.6 is 0 Å². The molecule has 0 aromatic heterocycles. The lowest BCUT2D eigenvalue weighted by atomic mass is 9.86. The van der Waals surface area contributed by atoms with Crippen LogP contribution in [0.1, 0.15) is 130 Å². The van der Waals surface area contributed by atoms with E-state index in [9.17, 15) is 14.7 Å². The fourth-order valence-corrected chi connectivity index (χ4v) is 4.47. The second kappa shape index (κ2) is 18.2. The molecule has 6 heteroatoms. The van der Waals surface area contributed by atoms with Gasteiger partial charge in [-0.05, 0) is 52.4 Å². The number of unbranched alkanes of at least 4 members (excludes halogenated alkanes) is 9. The van der Waals surface area contributed by atoms with Crippen molar-refractivity contribution in [3.8, 4) is 0 Å². The first kappa shape index (κ1) is 30.9. The van der Waals surface area contributed by atoms with Gasteiger partial charge in [-0.1, -0.05) is 71.6 Å². The van der Waals surface area contributed by atoms with E-state index in [1.807, 2.05) is 13.8 Å². The molecule has 2 N–H and O–H groups in total. The van der Waals surface area contributed by atoms with Gasteiger partial charge in [0.25, 0.3) is 0 Å². The molecule has 200 valence electrons. The standard InChI is InChI=1S/C28H53NO5/c1-5-7-9-13-17-24(18-14-10-8-6-2)34-27(32)28(3,4)19-15-11-12-16-20-33-26(31)25-21-23(30)22-29-25/h23-25,29-30H,5-22H2,1-4H3/t23-,25-/m0/s1. The Bertz CT molecular complexity index is 539. The van der Waals surface area contributed by atoms with E-state index < -0.39 is 11.5 Å². The molecule has 1 aliphatic rings. The Labute approximate surface area is 208 Å². The van der Waals surface area contributed by atoms with E-state index in [0.717, 1.165) is 57.8 Å². The lowest BCUT2D eigenvalue weighted by Gasteiger charge is -2.27. The minimum atomic E-state index is -0.466. The topological polar surface area (TPSA) is 84.9 Å². The average molecular weight is 484 g/mol. The third-order valence-corrected chi connectivity index (χ3v) is 6.92. The Balaban J connectivity index is 2.25. The predicted octanol–water partition coefficient (Wildman–Crippen LogP) is 6.08.